The van der Waals surface area contributed by atoms with Gasteiger partial charge < -0.3 is 10.5 Å². The average molecular weight is 190 g/mol. The van der Waals surface area contributed by atoms with Crippen molar-refractivity contribution in [1.29, 1.82) is 0 Å². The summed E-state index contributed by atoms with van der Waals surface area (Å²) in [7, 11) is 0. The van der Waals surface area contributed by atoms with Gasteiger partial charge in [0.05, 0.1) is 11.8 Å². The number of hydrogen-bond acceptors (Lipinski definition) is 3. The normalized spacial score (nSPS) is 22.2. The van der Waals surface area contributed by atoms with Gasteiger partial charge in [-0.05, 0) is 12.8 Å². The van der Waals surface area contributed by atoms with Gasteiger partial charge in [-0.2, -0.15) is 5.10 Å². The second-order valence-electron chi connectivity index (χ2n) is 2.75. The fraction of sp³-hybridized carbons (Fsp3) is 0.571. The van der Waals surface area contributed by atoms with E-state index in [9.17, 15) is 0 Å². The van der Waals surface area contributed by atoms with E-state index in [2.05, 4.69) is 10.2 Å². The van der Waals surface area contributed by atoms with Crippen molar-refractivity contribution < 1.29 is 4.74 Å². The van der Waals surface area contributed by atoms with Crippen molar-refractivity contribution >= 4 is 18.2 Å². The van der Waals surface area contributed by atoms with Crippen LogP contribution in [0, 0.1) is 0 Å². The van der Waals surface area contributed by atoms with Gasteiger partial charge >= 0.3 is 0 Å². The number of aromatic amines is 1. The highest BCUT2D eigenvalue weighted by Crippen LogP contribution is 2.27. The van der Waals surface area contributed by atoms with Crippen molar-refractivity contribution in [3.8, 4) is 0 Å². The predicted octanol–water partition coefficient (Wildman–Crippen LogP) is 1.27. The molecule has 2 heterocycles. The number of nitrogens with zero attached hydrogens (tertiary/aromatic N) is 1. The highest BCUT2D eigenvalue weighted by Gasteiger charge is 2.18. The van der Waals surface area contributed by atoms with Gasteiger partial charge in [-0.25, -0.2) is 0 Å². The first-order valence-corrected chi connectivity index (χ1v) is 3.78. The number of rotatable bonds is 1. The number of hydrogen-bond donors (Lipinski definition) is 2. The van der Waals surface area contributed by atoms with Crippen LogP contribution in [0.2, 0.25) is 0 Å². The van der Waals surface area contributed by atoms with Crippen LogP contribution in [-0.4, -0.2) is 16.8 Å². The lowest BCUT2D eigenvalue weighted by Crippen LogP contribution is -1.95. The standard InChI is InChI=1S/C7H11N3O.ClH/c8-7-4-5(9-10-7)6-2-1-3-11-6;/h4,6H,1-3H2,(H3,8,9,10);1H. The van der Waals surface area contributed by atoms with Crippen LogP contribution < -0.4 is 5.73 Å². The molecule has 0 amide bonds. The first-order valence-electron chi connectivity index (χ1n) is 3.78. The highest BCUT2D eigenvalue weighted by molar-refractivity contribution is 5.85. The number of nitrogens with two attached hydrogens (primary N) is 1. The van der Waals surface area contributed by atoms with E-state index in [0.29, 0.717) is 5.82 Å². The van der Waals surface area contributed by atoms with Crippen LogP contribution in [0.4, 0.5) is 5.82 Å². The third-order valence-corrected chi connectivity index (χ3v) is 1.89. The number of aromatic nitrogens is 2. The van der Waals surface area contributed by atoms with Crippen LogP contribution in [-0.2, 0) is 4.74 Å². The van der Waals surface area contributed by atoms with Gasteiger partial charge in [0.2, 0.25) is 0 Å². The fourth-order valence-electron chi connectivity index (χ4n) is 1.34. The van der Waals surface area contributed by atoms with Gasteiger partial charge in [-0.1, -0.05) is 0 Å². The van der Waals surface area contributed by atoms with Gasteiger partial charge in [0, 0.05) is 12.7 Å². The Morgan fingerprint density at radius 2 is 2.50 bits per heavy atom. The van der Waals surface area contributed by atoms with Crippen LogP contribution in [0.25, 0.3) is 0 Å². The summed E-state index contributed by atoms with van der Waals surface area (Å²) in [6.07, 6.45) is 2.39. The number of anilines is 1. The second kappa shape index (κ2) is 3.78. The predicted molar refractivity (Wildman–Crippen MR) is 48.2 cm³/mol. The lowest BCUT2D eigenvalue weighted by Gasteiger charge is -2.03. The molecule has 3 N–H and O–H groups in total. The summed E-state index contributed by atoms with van der Waals surface area (Å²) in [5.74, 6) is 0.538. The number of H-pyrrole nitrogens is 1. The van der Waals surface area contributed by atoms with Gasteiger partial charge in [0.25, 0.3) is 0 Å². The zero-order valence-electron chi connectivity index (χ0n) is 6.62. The summed E-state index contributed by atoms with van der Waals surface area (Å²) in [4.78, 5) is 0. The molecule has 68 valence electrons. The average Bonchev–Trinajstić information content (AvgIpc) is 2.55. The Morgan fingerprint density at radius 3 is 3.00 bits per heavy atom. The number of ether oxygens (including phenoxy) is 1. The topological polar surface area (TPSA) is 63.9 Å². The minimum absolute atomic E-state index is 0. The Balaban J connectivity index is 0.000000720. The zero-order chi connectivity index (χ0) is 7.68. The Labute approximate surface area is 76.9 Å². The Kier molecular flexibility index (Phi) is 2.94. The Bertz CT molecular complexity index is 245. The van der Waals surface area contributed by atoms with E-state index in [1.807, 2.05) is 6.07 Å². The van der Waals surface area contributed by atoms with Gasteiger partial charge in [-0.3, -0.25) is 5.10 Å². The molecule has 4 nitrogen and oxygen atoms in total. The maximum atomic E-state index is 5.45. The maximum Gasteiger partial charge on any atom is 0.145 e. The molecule has 0 radical (unpaired) electrons. The molecular weight excluding hydrogens is 178 g/mol. The second-order valence-corrected chi connectivity index (χ2v) is 2.75. The van der Waals surface area contributed by atoms with E-state index >= 15 is 0 Å². The third kappa shape index (κ3) is 1.70. The molecule has 0 saturated carbocycles. The van der Waals surface area contributed by atoms with E-state index in [-0.39, 0.29) is 18.5 Å². The molecule has 0 aliphatic carbocycles. The van der Waals surface area contributed by atoms with Crippen molar-refractivity contribution in [3.05, 3.63) is 11.8 Å². The smallest absolute Gasteiger partial charge is 0.145 e. The van der Waals surface area contributed by atoms with Gasteiger partial charge in [0.15, 0.2) is 0 Å². The quantitative estimate of drug-likeness (QED) is 0.699. The SMILES string of the molecule is Cl.Nc1cc(C2CCCO2)[nH]n1. The molecule has 2 rings (SSSR count). The molecule has 1 unspecified atom stereocenters. The number of nitrogen functional groups attached to an aromatic ring is 1. The van der Waals surface area contributed by atoms with E-state index in [1.165, 1.54) is 0 Å². The summed E-state index contributed by atoms with van der Waals surface area (Å²) in [6, 6.07) is 1.83. The minimum Gasteiger partial charge on any atom is -0.382 e. The summed E-state index contributed by atoms with van der Waals surface area (Å²) < 4.78 is 5.43. The molecule has 1 aliphatic heterocycles. The van der Waals surface area contributed by atoms with Gasteiger partial charge in [0.1, 0.15) is 5.82 Å². The number of nitrogens with one attached hydrogen (secondary N) is 1. The highest BCUT2D eigenvalue weighted by atomic mass is 35.5. The summed E-state index contributed by atoms with van der Waals surface area (Å²) >= 11 is 0. The molecule has 1 atom stereocenters. The molecule has 12 heavy (non-hydrogen) atoms. The Morgan fingerprint density at radius 1 is 1.67 bits per heavy atom. The largest absolute Gasteiger partial charge is 0.382 e. The van der Waals surface area contributed by atoms with Crippen LogP contribution in [0.15, 0.2) is 6.07 Å². The van der Waals surface area contributed by atoms with Crippen molar-refractivity contribution in [2.24, 2.45) is 0 Å². The number of halogens is 1. The Hall–Kier alpha value is -0.740. The minimum atomic E-state index is 0. The molecule has 0 bridgehead atoms. The van der Waals surface area contributed by atoms with Crippen molar-refractivity contribution in [2.75, 3.05) is 12.3 Å². The van der Waals surface area contributed by atoms with Crippen LogP contribution >= 0.6 is 12.4 Å². The molecule has 1 aliphatic rings. The maximum absolute atomic E-state index is 5.45. The molecule has 1 aromatic heterocycles. The molecule has 0 aromatic carbocycles. The zero-order valence-corrected chi connectivity index (χ0v) is 7.43. The van der Waals surface area contributed by atoms with E-state index in [0.717, 1.165) is 25.1 Å². The first kappa shape index (κ1) is 9.35. The lowest BCUT2D eigenvalue weighted by molar-refractivity contribution is 0.108. The molecule has 1 aromatic rings. The van der Waals surface area contributed by atoms with Crippen LogP contribution in [0.3, 0.4) is 0 Å². The van der Waals surface area contributed by atoms with Crippen molar-refractivity contribution in [2.45, 2.75) is 18.9 Å². The van der Waals surface area contributed by atoms with E-state index < -0.39 is 0 Å². The molecular formula is C7H12ClN3O. The summed E-state index contributed by atoms with van der Waals surface area (Å²) in [6.45, 7) is 0.851. The summed E-state index contributed by atoms with van der Waals surface area (Å²) in [5, 5.41) is 6.68. The molecule has 0 spiro atoms. The monoisotopic (exact) mass is 189 g/mol. The summed E-state index contributed by atoms with van der Waals surface area (Å²) in [5.41, 5.74) is 6.45. The molecule has 1 saturated heterocycles. The van der Waals surface area contributed by atoms with Crippen molar-refractivity contribution in [3.63, 3.8) is 0 Å². The van der Waals surface area contributed by atoms with Gasteiger partial charge in [-0.15, -0.1) is 12.4 Å². The third-order valence-electron chi connectivity index (χ3n) is 1.89. The van der Waals surface area contributed by atoms with E-state index in [4.69, 9.17) is 10.5 Å². The fourth-order valence-corrected chi connectivity index (χ4v) is 1.34. The van der Waals surface area contributed by atoms with Crippen molar-refractivity contribution in [1.82, 2.24) is 10.2 Å². The molecule has 5 heteroatoms. The lowest BCUT2D eigenvalue weighted by atomic mass is 10.2. The molecule has 1 fully saturated rings. The van der Waals surface area contributed by atoms with E-state index in [1.54, 1.807) is 0 Å². The first-order chi connectivity index (χ1) is 5.36. The van der Waals surface area contributed by atoms with Crippen LogP contribution in [0.1, 0.15) is 24.6 Å². The van der Waals surface area contributed by atoms with Crippen LogP contribution in [0.5, 0.6) is 0 Å².